The minimum atomic E-state index is -0.758. The highest BCUT2D eigenvalue weighted by molar-refractivity contribution is 5.93. The molecule has 2 heterocycles. The van der Waals surface area contributed by atoms with Crippen molar-refractivity contribution < 1.29 is 18.4 Å². The Morgan fingerprint density at radius 3 is 2.55 bits per heavy atom. The van der Waals surface area contributed by atoms with Crippen molar-refractivity contribution in [1.82, 2.24) is 14.8 Å². The molecule has 0 bridgehead atoms. The topological polar surface area (TPSA) is 66.7 Å². The third-order valence-corrected chi connectivity index (χ3v) is 6.29. The van der Waals surface area contributed by atoms with Gasteiger partial charge in [-0.2, -0.15) is 0 Å². The molecule has 33 heavy (non-hydrogen) atoms. The summed E-state index contributed by atoms with van der Waals surface area (Å²) in [5.74, 6) is -0.322. The summed E-state index contributed by atoms with van der Waals surface area (Å²) in [6.07, 6.45) is 3.13. The molecular weight excluding hydrogens is 421 g/mol. The molecule has 2 amide bonds. The molecule has 4 rings (SSSR count). The van der Waals surface area contributed by atoms with Gasteiger partial charge in [0.15, 0.2) is 6.39 Å². The molecule has 1 aliphatic rings. The molecule has 7 heteroatoms. The maximum atomic E-state index is 13.7. The zero-order valence-electron chi connectivity index (χ0n) is 19.2. The Kier molecular flexibility index (Phi) is 6.31. The number of carbonyl (C=O) groups is 2. The molecule has 1 atom stereocenters. The van der Waals surface area contributed by atoms with Gasteiger partial charge in [-0.15, -0.1) is 0 Å². The van der Waals surface area contributed by atoms with Gasteiger partial charge < -0.3 is 14.2 Å². The summed E-state index contributed by atoms with van der Waals surface area (Å²) in [5.41, 5.74) is 2.42. The number of piperidine rings is 1. The summed E-state index contributed by atoms with van der Waals surface area (Å²) in [4.78, 5) is 33.9. The lowest BCUT2D eigenvalue weighted by Gasteiger charge is -2.43. The van der Waals surface area contributed by atoms with Crippen LogP contribution < -0.4 is 0 Å². The normalized spacial score (nSPS) is 18.2. The van der Waals surface area contributed by atoms with Gasteiger partial charge >= 0.3 is 0 Å². The number of carbonyl (C=O) groups excluding carboxylic acids is 2. The van der Waals surface area contributed by atoms with Crippen LogP contribution in [-0.4, -0.2) is 53.8 Å². The lowest BCUT2D eigenvalue weighted by molar-refractivity contribution is -0.142. The van der Waals surface area contributed by atoms with Gasteiger partial charge in [-0.05, 0) is 55.0 Å². The molecule has 1 saturated heterocycles. The number of oxazole rings is 1. The van der Waals surface area contributed by atoms with Gasteiger partial charge in [-0.25, -0.2) is 9.37 Å². The Labute approximate surface area is 193 Å². The molecule has 1 unspecified atom stereocenters. The maximum Gasteiger partial charge on any atom is 0.291 e. The van der Waals surface area contributed by atoms with E-state index in [0.29, 0.717) is 38.0 Å². The van der Waals surface area contributed by atoms with E-state index in [1.54, 1.807) is 36.9 Å². The second-order valence-corrected chi connectivity index (χ2v) is 8.96. The summed E-state index contributed by atoms with van der Waals surface area (Å²) in [5, 5.41) is 0. The van der Waals surface area contributed by atoms with Crippen LogP contribution in [0.4, 0.5) is 4.39 Å². The fourth-order valence-corrected chi connectivity index (χ4v) is 4.74. The molecule has 0 spiro atoms. The number of nitrogens with zero attached hydrogens (tertiary/aromatic N) is 3. The van der Waals surface area contributed by atoms with Crippen molar-refractivity contribution in [3.8, 4) is 11.1 Å². The van der Waals surface area contributed by atoms with E-state index in [2.05, 4.69) is 4.98 Å². The summed E-state index contributed by atoms with van der Waals surface area (Å²) in [6.45, 7) is 2.59. The average Bonchev–Trinajstić information content (AvgIpc) is 3.24. The Bertz CT molecular complexity index is 1170. The fraction of sp³-hybridized carbons (Fsp3) is 0.346. The van der Waals surface area contributed by atoms with Crippen molar-refractivity contribution in [2.75, 3.05) is 27.2 Å². The molecule has 0 N–H and O–H groups in total. The Hall–Kier alpha value is -3.48. The second kappa shape index (κ2) is 9.17. The van der Waals surface area contributed by atoms with Crippen LogP contribution in [0.2, 0.25) is 0 Å². The van der Waals surface area contributed by atoms with E-state index in [0.717, 1.165) is 16.7 Å². The Morgan fingerprint density at radius 2 is 1.88 bits per heavy atom. The van der Waals surface area contributed by atoms with Crippen molar-refractivity contribution in [3.05, 3.63) is 77.8 Å². The summed E-state index contributed by atoms with van der Waals surface area (Å²) in [7, 11) is 3.49. The first kappa shape index (κ1) is 22.7. The van der Waals surface area contributed by atoms with Gasteiger partial charge in [0.1, 0.15) is 5.82 Å². The number of aryl methyl sites for hydroxylation is 1. The van der Waals surface area contributed by atoms with Crippen LogP contribution in [0.25, 0.3) is 11.1 Å². The largest absolute Gasteiger partial charge is 0.438 e. The van der Waals surface area contributed by atoms with E-state index in [1.165, 1.54) is 18.5 Å². The van der Waals surface area contributed by atoms with E-state index in [-0.39, 0.29) is 23.4 Å². The number of hydrogen-bond donors (Lipinski definition) is 0. The number of benzene rings is 2. The van der Waals surface area contributed by atoms with Gasteiger partial charge in [0.05, 0.1) is 11.1 Å². The first-order valence-corrected chi connectivity index (χ1v) is 11.0. The minimum absolute atomic E-state index is 0.00884. The van der Waals surface area contributed by atoms with Crippen LogP contribution >= 0.6 is 0 Å². The second-order valence-electron chi connectivity index (χ2n) is 8.96. The zero-order valence-corrected chi connectivity index (χ0v) is 19.2. The lowest BCUT2D eigenvalue weighted by atomic mass is 9.73. The first-order valence-electron chi connectivity index (χ1n) is 11.0. The molecule has 0 radical (unpaired) electrons. The average molecular weight is 450 g/mol. The minimum Gasteiger partial charge on any atom is -0.438 e. The summed E-state index contributed by atoms with van der Waals surface area (Å²) >= 11 is 0. The number of likely N-dealkylation sites (tertiary alicyclic amines) is 1. The summed E-state index contributed by atoms with van der Waals surface area (Å²) < 4.78 is 19.1. The quantitative estimate of drug-likeness (QED) is 0.581. The standard InChI is InChI=1S/C26H28FN3O3/c1-18-23(33-17-28-18)24(31)30-12-6-11-26(16-30,25(32)29(2)3)15-19-7-4-8-20(13-19)21-9-5-10-22(27)14-21/h4-5,7-10,13-14,17H,6,11-12,15-16H2,1-3H3. The van der Waals surface area contributed by atoms with Gasteiger partial charge in [0.25, 0.3) is 5.91 Å². The predicted molar refractivity (Wildman–Crippen MR) is 123 cm³/mol. The van der Waals surface area contributed by atoms with Gasteiger partial charge in [0, 0.05) is 27.2 Å². The third-order valence-electron chi connectivity index (χ3n) is 6.29. The smallest absolute Gasteiger partial charge is 0.291 e. The zero-order chi connectivity index (χ0) is 23.6. The first-order chi connectivity index (χ1) is 15.8. The molecule has 1 aromatic heterocycles. The lowest BCUT2D eigenvalue weighted by Crippen LogP contribution is -2.54. The molecular formula is C26H28FN3O3. The molecule has 172 valence electrons. The van der Waals surface area contributed by atoms with Gasteiger partial charge in [-0.1, -0.05) is 36.4 Å². The van der Waals surface area contributed by atoms with Crippen LogP contribution in [0, 0.1) is 18.2 Å². The van der Waals surface area contributed by atoms with Crippen molar-refractivity contribution >= 4 is 11.8 Å². The monoisotopic (exact) mass is 449 g/mol. The number of hydrogen-bond acceptors (Lipinski definition) is 4. The van der Waals surface area contributed by atoms with Crippen LogP contribution in [0.1, 0.15) is 34.7 Å². The highest BCUT2D eigenvalue weighted by Crippen LogP contribution is 2.37. The van der Waals surface area contributed by atoms with Crippen molar-refractivity contribution in [3.63, 3.8) is 0 Å². The van der Waals surface area contributed by atoms with Gasteiger partial charge in [0.2, 0.25) is 11.7 Å². The molecule has 0 aliphatic carbocycles. The number of halogens is 1. The van der Waals surface area contributed by atoms with E-state index in [9.17, 15) is 14.0 Å². The maximum absolute atomic E-state index is 13.7. The molecule has 1 fully saturated rings. The predicted octanol–water partition coefficient (Wildman–Crippen LogP) is 4.34. The van der Waals surface area contributed by atoms with E-state index in [1.807, 2.05) is 30.3 Å². The van der Waals surface area contributed by atoms with Crippen LogP contribution in [-0.2, 0) is 11.2 Å². The highest BCUT2D eigenvalue weighted by Gasteiger charge is 2.45. The van der Waals surface area contributed by atoms with Crippen LogP contribution in [0.3, 0.4) is 0 Å². The molecule has 1 aliphatic heterocycles. The summed E-state index contributed by atoms with van der Waals surface area (Å²) in [6, 6.07) is 14.3. The third kappa shape index (κ3) is 4.67. The number of amides is 2. The van der Waals surface area contributed by atoms with Crippen molar-refractivity contribution in [2.24, 2.45) is 5.41 Å². The van der Waals surface area contributed by atoms with Crippen molar-refractivity contribution in [2.45, 2.75) is 26.2 Å². The van der Waals surface area contributed by atoms with Gasteiger partial charge in [-0.3, -0.25) is 9.59 Å². The number of rotatable bonds is 5. The van der Waals surface area contributed by atoms with E-state index < -0.39 is 5.41 Å². The van der Waals surface area contributed by atoms with Crippen LogP contribution in [0.15, 0.2) is 59.3 Å². The Balaban J connectivity index is 1.65. The van der Waals surface area contributed by atoms with E-state index in [4.69, 9.17) is 4.42 Å². The van der Waals surface area contributed by atoms with E-state index >= 15 is 0 Å². The highest BCUT2D eigenvalue weighted by atomic mass is 19.1. The van der Waals surface area contributed by atoms with Crippen LogP contribution in [0.5, 0.6) is 0 Å². The fourth-order valence-electron chi connectivity index (χ4n) is 4.74. The SMILES string of the molecule is Cc1ncoc1C(=O)N1CCCC(Cc2cccc(-c3cccc(F)c3)c2)(C(=O)N(C)C)C1. The molecule has 6 nitrogen and oxygen atoms in total. The number of aromatic nitrogens is 1. The Morgan fingerprint density at radius 1 is 1.15 bits per heavy atom. The van der Waals surface area contributed by atoms with Crippen molar-refractivity contribution in [1.29, 1.82) is 0 Å². The molecule has 0 saturated carbocycles. The molecule has 3 aromatic rings. The molecule has 2 aromatic carbocycles.